The first-order valence-corrected chi connectivity index (χ1v) is 8.68. The van der Waals surface area contributed by atoms with Crippen molar-refractivity contribution >= 4 is 44.2 Å². The van der Waals surface area contributed by atoms with Crippen molar-refractivity contribution in [1.82, 2.24) is 0 Å². The topological polar surface area (TPSA) is 54.5 Å². The van der Waals surface area contributed by atoms with Gasteiger partial charge in [0.25, 0.3) is 10.0 Å². The molecule has 8 heteroatoms. The van der Waals surface area contributed by atoms with Crippen LogP contribution < -0.4 is 4.31 Å². The Morgan fingerprint density at radius 3 is 2.30 bits per heavy atom. The van der Waals surface area contributed by atoms with Gasteiger partial charge in [-0.2, -0.15) is 0 Å². The van der Waals surface area contributed by atoms with Crippen LogP contribution in [0.25, 0.3) is 0 Å². The summed E-state index contributed by atoms with van der Waals surface area (Å²) in [5.41, 5.74) is 0.0433. The first-order valence-electron chi connectivity index (χ1n) is 6.49. The Bertz CT molecular complexity index is 828. The van der Waals surface area contributed by atoms with E-state index in [4.69, 9.17) is 23.2 Å². The highest BCUT2D eigenvalue weighted by Crippen LogP contribution is 2.30. The Morgan fingerprint density at radius 1 is 1.17 bits per heavy atom. The predicted molar refractivity (Wildman–Crippen MR) is 87.8 cm³/mol. The lowest BCUT2D eigenvalue weighted by Gasteiger charge is -2.28. The van der Waals surface area contributed by atoms with Gasteiger partial charge in [-0.05, 0) is 48.9 Å². The maximum absolute atomic E-state index is 13.3. The Morgan fingerprint density at radius 2 is 1.78 bits per heavy atom. The van der Waals surface area contributed by atoms with Gasteiger partial charge in [-0.3, -0.25) is 9.10 Å². The maximum atomic E-state index is 13.3. The molecule has 2 rings (SSSR count). The number of sulfonamides is 1. The average Bonchev–Trinajstić information content (AvgIpc) is 2.51. The van der Waals surface area contributed by atoms with Gasteiger partial charge in [-0.25, -0.2) is 12.8 Å². The minimum atomic E-state index is -4.08. The molecule has 2 aromatic carbocycles. The van der Waals surface area contributed by atoms with Crippen molar-refractivity contribution in [3.05, 3.63) is 59.4 Å². The summed E-state index contributed by atoms with van der Waals surface area (Å²) < 4.78 is 39.9. The molecule has 0 aliphatic carbocycles. The Hall–Kier alpha value is -1.63. The smallest absolute Gasteiger partial charge is 0.265 e. The van der Waals surface area contributed by atoms with Crippen molar-refractivity contribution in [2.45, 2.75) is 17.9 Å². The van der Waals surface area contributed by atoms with Gasteiger partial charge in [-0.15, -0.1) is 0 Å². The molecule has 0 aromatic heterocycles. The molecule has 0 aliphatic rings. The molecule has 0 N–H and O–H groups in total. The van der Waals surface area contributed by atoms with Crippen molar-refractivity contribution in [2.75, 3.05) is 4.31 Å². The zero-order valence-corrected chi connectivity index (χ0v) is 14.2. The number of carbonyl (C=O) groups is 1. The summed E-state index contributed by atoms with van der Waals surface area (Å²) in [7, 11) is -4.08. The van der Waals surface area contributed by atoms with Gasteiger partial charge < -0.3 is 0 Å². The van der Waals surface area contributed by atoms with Crippen LogP contribution in [0, 0.1) is 5.82 Å². The summed E-state index contributed by atoms with van der Waals surface area (Å²) in [5.74, 6) is -0.697. The van der Waals surface area contributed by atoms with E-state index in [0.717, 1.165) is 16.4 Å². The molecule has 1 unspecified atom stereocenters. The summed E-state index contributed by atoms with van der Waals surface area (Å²) in [4.78, 5) is 11.5. The Labute approximate surface area is 143 Å². The highest BCUT2D eigenvalue weighted by Gasteiger charge is 2.32. The predicted octanol–water partition coefficient (Wildman–Crippen LogP) is 3.83. The molecule has 122 valence electrons. The molecular weight excluding hydrogens is 364 g/mol. The lowest BCUT2D eigenvalue weighted by atomic mass is 10.2. The second-order valence-electron chi connectivity index (χ2n) is 4.69. The summed E-state index contributed by atoms with van der Waals surface area (Å²) in [6.45, 7) is 1.34. The van der Waals surface area contributed by atoms with Crippen LogP contribution >= 0.6 is 23.2 Å². The lowest BCUT2D eigenvalue weighted by Crippen LogP contribution is -2.42. The van der Waals surface area contributed by atoms with E-state index in [2.05, 4.69) is 0 Å². The maximum Gasteiger partial charge on any atom is 0.265 e. The van der Waals surface area contributed by atoms with E-state index in [0.29, 0.717) is 0 Å². The van der Waals surface area contributed by atoms with E-state index in [1.54, 1.807) is 18.2 Å². The number of carbonyl (C=O) groups excluding carboxylic acids is 1. The summed E-state index contributed by atoms with van der Waals surface area (Å²) in [6.07, 6.45) is 0. The fourth-order valence-electron chi connectivity index (χ4n) is 1.99. The molecule has 0 saturated heterocycles. The van der Waals surface area contributed by atoms with Crippen molar-refractivity contribution in [3.8, 4) is 0 Å². The summed E-state index contributed by atoms with van der Waals surface area (Å²) >= 11 is 11.2. The third-order valence-electron chi connectivity index (χ3n) is 3.14. The SMILES string of the molecule is CC(C(=O)Cl)N(c1ccc(F)c(Cl)c1)S(=O)(=O)c1ccccc1. The monoisotopic (exact) mass is 375 g/mol. The van der Waals surface area contributed by atoms with Gasteiger partial charge in [0.15, 0.2) is 0 Å². The second-order valence-corrected chi connectivity index (χ2v) is 7.29. The number of hydrogen-bond donors (Lipinski definition) is 0. The summed E-state index contributed by atoms with van der Waals surface area (Å²) in [6, 6.07) is 9.73. The summed E-state index contributed by atoms with van der Waals surface area (Å²) in [5, 5.41) is -1.13. The first-order chi connectivity index (χ1) is 10.7. The van der Waals surface area contributed by atoms with Crippen molar-refractivity contribution in [1.29, 1.82) is 0 Å². The fourth-order valence-corrected chi connectivity index (χ4v) is 3.95. The zero-order valence-electron chi connectivity index (χ0n) is 11.9. The minimum Gasteiger partial charge on any atom is -0.279 e. The van der Waals surface area contributed by atoms with Crippen molar-refractivity contribution < 1.29 is 17.6 Å². The van der Waals surface area contributed by atoms with Crippen LogP contribution in [0.5, 0.6) is 0 Å². The third kappa shape index (κ3) is 3.65. The normalized spacial score (nSPS) is 12.7. The van der Waals surface area contributed by atoms with E-state index in [-0.39, 0.29) is 15.6 Å². The van der Waals surface area contributed by atoms with Crippen LogP contribution in [0.15, 0.2) is 53.4 Å². The highest BCUT2D eigenvalue weighted by atomic mass is 35.5. The molecular formula is C15H12Cl2FNO3S. The fraction of sp³-hybridized carbons (Fsp3) is 0.133. The van der Waals surface area contributed by atoms with Crippen LogP contribution in [0.4, 0.5) is 10.1 Å². The second kappa shape index (κ2) is 6.86. The molecule has 0 saturated carbocycles. The van der Waals surface area contributed by atoms with Crippen LogP contribution in [0.1, 0.15) is 6.92 Å². The molecule has 0 bridgehead atoms. The molecule has 4 nitrogen and oxygen atoms in total. The van der Waals surface area contributed by atoms with Crippen LogP contribution in [0.2, 0.25) is 5.02 Å². The van der Waals surface area contributed by atoms with E-state index in [9.17, 15) is 17.6 Å². The highest BCUT2D eigenvalue weighted by molar-refractivity contribution is 7.93. The Kier molecular flexibility index (Phi) is 5.29. The molecule has 0 radical (unpaired) electrons. The number of benzene rings is 2. The zero-order chi connectivity index (χ0) is 17.2. The number of rotatable bonds is 5. The number of anilines is 1. The van der Waals surface area contributed by atoms with Crippen LogP contribution in [0.3, 0.4) is 0 Å². The molecule has 1 atom stereocenters. The number of halogens is 3. The van der Waals surface area contributed by atoms with Gasteiger partial charge in [0, 0.05) is 0 Å². The van der Waals surface area contributed by atoms with Gasteiger partial charge in [0.1, 0.15) is 11.9 Å². The quantitative estimate of drug-likeness (QED) is 0.746. The number of nitrogens with zero attached hydrogens (tertiary/aromatic N) is 1. The molecule has 0 spiro atoms. The van der Waals surface area contributed by atoms with E-state index in [1.807, 2.05) is 0 Å². The van der Waals surface area contributed by atoms with Gasteiger partial charge in [0.05, 0.1) is 15.6 Å². The van der Waals surface area contributed by atoms with Gasteiger partial charge in [-0.1, -0.05) is 29.8 Å². The molecule has 0 fully saturated rings. The van der Waals surface area contributed by atoms with Crippen molar-refractivity contribution in [3.63, 3.8) is 0 Å². The van der Waals surface area contributed by atoms with E-state index >= 15 is 0 Å². The van der Waals surface area contributed by atoms with Gasteiger partial charge in [0.2, 0.25) is 5.24 Å². The average molecular weight is 376 g/mol. The van der Waals surface area contributed by atoms with E-state index in [1.165, 1.54) is 25.1 Å². The standard InChI is InChI=1S/C15H12Cl2FNO3S/c1-10(15(17)20)19(11-7-8-14(18)13(16)9-11)23(21,22)12-5-3-2-4-6-12/h2-10H,1H3. The van der Waals surface area contributed by atoms with Gasteiger partial charge >= 0.3 is 0 Å². The Balaban J connectivity index is 2.63. The lowest BCUT2D eigenvalue weighted by molar-refractivity contribution is -0.112. The molecule has 0 aliphatic heterocycles. The largest absolute Gasteiger partial charge is 0.279 e. The number of hydrogen-bond acceptors (Lipinski definition) is 3. The molecule has 0 amide bonds. The van der Waals surface area contributed by atoms with Crippen LogP contribution in [-0.2, 0) is 14.8 Å². The first kappa shape index (κ1) is 17.7. The molecule has 23 heavy (non-hydrogen) atoms. The molecule has 0 heterocycles. The van der Waals surface area contributed by atoms with Crippen molar-refractivity contribution in [2.24, 2.45) is 0 Å². The third-order valence-corrected chi connectivity index (χ3v) is 5.66. The van der Waals surface area contributed by atoms with E-state index < -0.39 is 27.1 Å². The van der Waals surface area contributed by atoms with Crippen LogP contribution in [-0.4, -0.2) is 19.7 Å². The molecule has 2 aromatic rings. The minimum absolute atomic E-state index is 0.0229.